The number of carboxylic acids is 1. The number of aliphatic hydroxyl groups is 1. The molecule has 0 saturated heterocycles. The number of carbonyl (C=O) groups is 2. The summed E-state index contributed by atoms with van der Waals surface area (Å²) in [5, 5.41) is 20.0. The minimum Gasteiger partial charge on any atom is -0.480 e. The van der Waals surface area contributed by atoms with Crippen LogP contribution < -0.4 is 5.32 Å². The van der Waals surface area contributed by atoms with Crippen LogP contribution >= 0.6 is 0 Å². The summed E-state index contributed by atoms with van der Waals surface area (Å²) in [6.45, 7) is 2.56. The van der Waals surface area contributed by atoms with Gasteiger partial charge in [0.05, 0.1) is 12.7 Å². The maximum Gasteiger partial charge on any atom is 0.407 e. The molecule has 0 aliphatic rings. The number of carboxylic acid groups (broad SMARTS) is 1. The molecule has 0 aromatic rings. The first kappa shape index (κ1) is 11.7. The van der Waals surface area contributed by atoms with Crippen LogP contribution in [0.2, 0.25) is 0 Å². The maximum atomic E-state index is 10.7. The van der Waals surface area contributed by atoms with Crippen LogP contribution in [0.4, 0.5) is 4.79 Å². The lowest BCUT2D eigenvalue weighted by atomic mass is 9.99. The smallest absolute Gasteiger partial charge is 0.407 e. The molecule has 0 aromatic carbocycles. The molecular weight excluding hydrogens is 178 g/mol. The van der Waals surface area contributed by atoms with Crippen molar-refractivity contribution in [3.63, 3.8) is 0 Å². The van der Waals surface area contributed by atoms with Crippen LogP contribution in [-0.2, 0) is 9.53 Å². The van der Waals surface area contributed by atoms with E-state index >= 15 is 0 Å². The summed E-state index contributed by atoms with van der Waals surface area (Å²) < 4.78 is 4.20. The predicted molar refractivity (Wildman–Crippen MR) is 43.3 cm³/mol. The van der Waals surface area contributed by atoms with Gasteiger partial charge >= 0.3 is 12.1 Å². The van der Waals surface area contributed by atoms with Crippen molar-refractivity contribution in [3.05, 3.63) is 0 Å². The van der Waals surface area contributed by atoms with E-state index in [1.807, 2.05) is 5.32 Å². The molecule has 0 aliphatic carbocycles. The first-order valence-electron chi connectivity index (χ1n) is 3.58. The number of methoxy groups -OCH3 is 1. The Balaban J connectivity index is 4.46. The third kappa shape index (κ3) is 3.75. The number of carbonyl (C=O) groups excluding carboxylic acids is 1. The van der Waals surface area contributed by atoms with Crippen molar-refractivity contribution >= 4 is 12.1 Å². The summed E-state index contributed by atoms with van der Waals surface area (Å²) in [7, 11) is 1.11. The van der Waals surface area contributed by atoms with Crippen LogP contribution in [0, 0.1) is 0 Å². The van der Waals surface area contributed by atoms with Gasteiger partial charge in [-0.05, 0) is 13.8 Å². The summed E-state index contributed by atoms with van der Waals surface area (Å²) in [5.74, 6) is -1.32. The topological polar surface area (TPSA) is 95.9 Å². The fourth-order valence-corrected chi connectivity index (χ4v) is 0.717. The Bertz CT molecular complexity index is 207. The summed E-state index contributed by atoms with van der Waals surface area (Å²) >= 11 is 0. The monoisotopic (exact) mass is 191 g/mol. The zero-order valence-electron chi connectivity index (χ0n) is 7.70. The molecule has 1 atom stereocenters. The van der Waals surface area contributed by atoms with Crippen LogP contribution in [0.15, 0.2) is 0 Å². The second-order valence-corrected chi connectivity index (χ2v) is 3.06. The molecule has 0 bridgehead atoms. The van der Waals surface area contributed by atoms with E-state index in [2.05, 4.69) is 4.74 Å². The Morgan fingerprint density at radius 2 is 1.92 bits per heavy atom. The number of rotatable bonds is 3. The van der Waals surface area contributed by atoms with Crippen LogP contribution in [0.25, 0.3) is 0 Å². The predicted octanol–water partition coefficient (Wildman–Crippen LogP) is -0.433. The van der Waals surface area contributed by atoms with E-state index in [0.29, 0.717) is 0 Å². The molecule has 0 radical (unpaired) electrons. The standard InChI is InChI=1S/C7H13NO5/c1-7(2,12)4(5(9)10)8-6(11)13-3/h4,12H,1-3H3,(H,8,11)(H,9,10)/t4-/m1/s1. The number of amides is 1. The van der Waals surface area contributed by atoms with Gasteiger partial charge in [0.15, 0.2) is 6.04 Å². The highest BCUT2D eigenvalue weighted by atomic mass is 16.5. The van der Waals surface area contributed by atoms with Gasteiger partial charge in [0.25, 0.3) is 0 Å². The largest absolute Gasteiger partial charge is 0.480 e. The summed E-state index contributed by atoms with van der Waals surface area (Å²) in [6.07, 6.45) is -0.894. The third-order valence-corrected chi connectivity index (χ3v) is 1.40. The quantitative estimate of drug-likeness (QED) is 0.562. The van der Waals surface area contributed by atoms with Crippen molar-refractivity contribution in [3.8, 4) is 0 Å². The minimum absolute atomic E-state index is 0.894. The maximum absolute atomic E-state index is 10.7. The van der Waals surface area contributed by atoms with Gasteiger partial charge < -0.3 is 20.3 Å². The zero-order chi connectivity index (χ0) is 10.6. The number of alkyl carbamates (subject to hydrolysis) is 1. The minimum atomic E-state index is -1.54. The summed E-state index contributed by atoms with van der Waals surface area (Å²) in [6, 6.07) is -1.39. The molecule has 0 aromatic heterocycles. The molecule has 76 valence electrons. The lowest BCUT2D eigenvalue weighted by Gasteiger charge is -2.25. The molecule has 6 nitrogen and oxygen atoms in total. The van der Waals surface area contributed by atoms with Gasteiger partial charge in [-0.15, -0.1) is 0 Å². The van der Waals surface area contributed by atoms with Gasteiger partial charge in [-0.2, -0.15) is 0 Å². The van der Waals surface area contributed by atoms with Crippen LogP contribution in [0.1, 0.15) is 13.8 Å². The van der Waals surface area contributed by atoms with E-state index in [-0.39, 0.29) is 0 Å². The van der Waals surface area contributed by atoms with Crippen molar-refractivity contribution in [1.82, 2.24) is 5.32 Å². The Labute approximate surface area is 75.5 Å². The highest BCUT2D eigenvalue weighted by Crippen LogP contribution is 2.08. The lowest BCUT2D eigenvalue weighted by molar-refractivity contribution is -0.145. The Hall–Kier alpha value is -1.30. The number of aliphatic carboxylic acids is 1. The molecule has 3 N–H and O–H groups in total. The van der Waals surface area contributed by atoms with E-state index in [4.69, 9.17) is 5.11 Å². The summed E-state index contributed by atoms with van der Waals surface area (Å²) in [4.78, 5) is 21.2. The van der Waals surface area contributed by atoms with Crippen molar-refractivity contribution in [2.24, 2.45) is 0 Å². The molecule has 0 saturated carbocycles. The van der Waals surface area contributed by atoms with Gasteiger partial charge in [-0.3, -0.25) is 0 Å². The third-order valence-electron chi connectivity index (χ3n) is 1.40. The molecule has 0 aliphatic heterocycles. The molecule has 0 unspecified atom stereocenters. The molecule has 0 fully saturated rings. The lowest BCUT2D eigenvalue weighted by Crippen LogP contribution is -2.54. The first-order valence-corrected chi connectivity index (χ1v) is 3.58. The summed E-state index contributed by atoms with van der Waals surface area (Å²) in [5.41, 5.74) is -1.54. The Kier molecular flexibility index (Phi) is 3.68. The average Bonchev–Trinajstić information content (AvgIpc) is 1.96. The second kappa shape index (κ2) is 4.08. The van der Waals surface area contributed by atoms with Crippen molar-refractivity contribution in [1.29, 1.82) is 0 Å². The zero-order valence-corrected chi connectivity index (χ0v) is 7.70. The molecule has 0 heterocycles. The van der Waals surface area contributed by atoms with E-state index in [1.165, 1.54) is 13.8 Å². The number of nitrogens with one attached hydrogen (secondary N) is 1. The van der Waals surface area contributed by atoms with Gasteiger partial charge in [-0.25, -0.2) is 9.59 Å². The molecule has 6 heteroatoms. The van der Waals surface area contributed by atoms with E-state index in [1.54, 1.807) is 0 Å². The van der Waals surface area contributed by atoms with Crippen molar-refractivity contribution in [2.45, 2.75) is 25.5 Å². The Morgan fingerprint density at radius 1 is 1.46 bits per heavy atom. The van der Waals surface area contributed by atoms with E-state index in [9.17, 15) is 14.7 Å². The van der Waals surface area contributed by atoms with E-state index in [0.717, 1.165) is 7.11 Å². The highest BCUT2D eigenvalue weighted by molar-refractivity contribution is 5.81. The molecular formula is C7H13NO5. The second-order valence-electron chi connectivity index (χ2n) is 3.06. The fourth-order valence-electron chi connectivity index (χ4n) is 0.717. The van der Waals surface area contributed by atoms with Gasteiger partial charge in [0.1, 0.15) is 0 Å². The van der Waals surface area contributed by atoms with Gasteiger partial charge in [0.2, 0.25) is 0 Å². The van der Waals surface area contributed by atoms with Crippen molar-refractivity contribution in [2.75, 3.05) is 7.11 Å². The molecule has 0 rings (SSSR count). The normalized spacial score (nSPS) is 13.2. The highest BCUT2D eigenvalue weighted by Gasteiger charge is 2.34. The van der Waals surface area contributed by atoms with Crippen LogP contribution in [-0.4, -0.2) is 41.0 Å². The first-order chi connectivity index (χ1) is 5.79. The number of ether oxygens (including phenoxy) is 1. The molecule has 13 heavy (non-hydrogen) atoms. The van der Waals surface area contributed by atoms with Crippen molar-refractivity contribution < 1.29 is 24.5 Å². The average molecular weight is 191 g/mol. The molecule has 1 amide bonds. The Morgan fingerprint density at radius 3 is 2.15 bits per heavy atom. The van der Waals surface area contributed by atoms with Crippen LogP contribution in [0.3, 0.4) is 0 Å². The number of hydrogen-bond acceptors (Lipinski definition) is 4. The van der Waals surface area contributed by atoms with E-state index < -0.39 is 23.7 Å². The molecule has 0 spiro atoms. The SMILES string of the molecule is COC(=O)N[C@H](C(=O)O)C(C)(C)O. The number of hydrogen-bond donors (Lipinski definition) is 3. The van der Waals surface area contributed by atoms with Gasteiger partial charge in [-0.1, -0.05) is 0 Å². The van der Waals surface area contributed by atoms with Crippen LogP contribution in [0.5, 0.6) is 0 Å². The fraction of sp³-hybridized carbons (Fsp3) is 0.714. The van der Waals surface area contributed by atoms with Gasteiger partial charge in [0, 0.05) is 0 Å².